The monoisotopic (exact) mass is 947 g/mol. The van der Waals surface area contributed by atoms with Crippen LogP contribution in [0.3, 0.4) is 0 Å². The van der Waals surface area contributed by atoms with Crippen LogP contribution in [-0.2, 0) is 33.2 Å². The lowest BCUT2D eigenvalue weighted by Crippen LogP contribution is -2.66. The van der Waals surface area contributed by atoms with Crippen molar-refractivity contribution in [2.45, 2.75) is 228 Å². The molecule has 5 aliphatic carbocycles. The lowest BCUT2D eigenvalue weighted by Gasteiger charge is -2.65. The highest BCUT2D eigenvalue weighted by Crippen LogP contribution is 2.89. The summed E-state index contributed by atoms with van der Waals surface area (Å²) in [6.07, 6.45) is -17.6. The van der Waals surface area contributed by atoms with Crippen LogP contribution in [0.25, 0.3) is 0 Å². The Kier molecular flexibility index (Phi) is 12.9. The summed E-state index contributed by atoms with van der Waals surface area (Å²) in [5.41, 5.74) is -3.78. The molecule has 4 saturated heterocycles. The summed E-state index contributed by atoms with van der Waals surface area (Å²) < 4.78 is 44.3. The Balaban J connectivity index is 1.04. The van der Waals surface area contributed by atoms with Crippen LogP contribution < -0.4 is 0 Å². The zero-order valence-corrected chi connectivity index (χ0v) is 39.3. The van der Waals surface area contributed by atoms with E-state index in [9.17, 15) is 61.3 Å². The molecule has 0 aromatic rings. The van der Waals surface area contributed by atoms with E-state index < -0.39 is 140 Å². The third-order valence-corrected chi connectivity index (χ3v) is 19.7. The lowest BCUT2D eigenvalue weighted by molar-refractivity contribution is -0.369. The average molecular weight is 947 g/mol. The van der Waals surface area contributed by atoms with Gasteiger partial charge in [0.2, 0.25) is 0 Å². The van der Waals surface area contributed by atoms with E-state index in [1.54, 1.807) is 13.8 Å². The van der Waals surface area contributed by atoms with E-state index in [1.165, 1.54) is 0 Å². The Morgan fingerprint density at radius 1 is 0.606 bits per heavy atom. The number of hydrogen-bond donors (Lipinski definition) is 12. The molecule has 9 aliphatic rings. The zero-order valence-electron chi connectivity index (χ0n) is 39.3. The van der Waals surface area contributed by atoms with Crippen molar-refractivity contribution in [2.24, 2.45) is 44.8 Å². The molecule has 19 heteroatoms. The zero-order chi connectivity index (χ0) is 48.1. The van der Waals surface area contributed by atoms with Crippen molar-refractivity contribution in [2.75, 3.05) is 19.8 Å². The molecule has 26 unspecified atom stereocenters. The Hall–Kier alpha value is -0.760. The molecular formula is C47H78O19. The van der Waals surface area contributed by atoms with Crippen molar-refractivity contribution in [1.29, 1.82) is 0 Å². The second-order valence-corrected chi connectivity index (χ2v) is 23.9. The number of aliphatic hydroxyl groups excluding tert-OH is 11. The average Bonchev–Trinajstić information content (AvgIpc) is 3.62. The van der Waals surface area contributed by atoms with Crippen LogP contribution in [0.1, 0.15) is 106 Å². The standard InChI is InChI=1S/C47H78O19/c1-41(2)26(64-40-35(28(52)21(51)18-60-40)65-39-34(58)32(56)30(54)24(17-49)63-39)9-11-47-19-46(47)13-12-43(5)36(45(7)10-8-27(66-45)42(3,4)59)20(50)15-44(43,6)25(46)14-22(37(41)47)61-38-33(57)31(55)29(53)23(16-48)62-38/h20-40,48-59H,8-19H2,1-7H3. The third kappa shape index (κ3) is 7.30. The van der Waals surface area contributed by atoms with Crippen LogP contribution in [0, 0.1) is 44.8 Å². The second kappa shape index (κ2) is 16.9. The highest BCUT2D eigenvalue weighted by molar-refractivity contribution is 5.33. The Morgan fingerprint density at radius 3 is 1.79 bits per heavy atom. The van der Waals surface area contributed by atoms with Crippen molar-refractivity contribution < 1.29 is 94.4 Å². The molecule has 4 heterocycles. The summed E-state index contributed by atoms with van der Waals surface area (Å²) in [6, 6.07) is 0. The van der Waals surface area contributed by atoms with Crippen LogP contribution in [0.4, 0.5) is 0 Å². The molecule has 380 valence electrons. The van der Waals surface area contributed by atoms with Gasteiger partial charge in [0.1, 0.15) is 67.1 Å². The summed E-state index contributed by atoms with van der Waals surface area (Å²) >= 11 is 0. The highest BCUT2D eigenvalue weighted by Gasteiger charge is 2.85. The van der Waals surface area contributed by atoms with E-state index in [0.717, 1.165) is 19.3 Å². The number of ether oxygens (including phenoxy) is 7. The number of fused-ring (bicyclic) bond motifs is 2. The van der Waals surface area contributed by atoms with E-state index in [1.807, 2.05) is 0 Å². The van der Waals surface area contributed by atoms with E-state index in [2.05, 4.69) is 34.6 Å². The molecule has 9 fully saturated rings. The van der Waals surface area contributed by atoms with Crippen LogP contribution in [0.2, 0.25) is 0 Å². The molecule has 9 rings (SSSR count). The highest BCUT2D eigenvalue weighted by atomic mass is 16.8. The van der Waals surface area contributed by atoms with Crippen molar-refractivity contribution in [3.63, 3.8) is 0 Å². The van der Waals surface area contributed by atoms with E-state index in [0.29, 0.717) is 38.5 Å². The molecule has 0 aromatic heterocycles. The van der Waals surface area contributed by atoms with E-state index in [4.69, 9.17) is 33.2 Å². The summed E-state index contributed by atoms with van der Waals surface area (Å²) in [4.78, 5) is 0. The predicted octanol–water partition coefficient (Wildman–Crippen LogP) is -1.45. The fraction of sp³-hybridized carbons (Fsp3) is 1.00. The van der Waals surface area contributed by atoms with Gasteiger partial charge in [-0.2, -0.15) is 0 Å². The summed E-state index contributed by atoms with van der Waals surface area (Å²) in [7, 11) is 0. The number of rotatable bonds is 10. The molecule has 4 aliphatic heterocycles. The molecule has 0 aromatic carbocycles. The molecule has 26 atom stereocenters. The smallest absolute Gasteiger partial charge is 0.187 e. The van der Waals surface area contributed by atoms with Crippen LogP contribution >= 0.6 is 0 Å². The first-order chi connectivity index (χ1) is 30.7. The quantitative estimate of drug-likeness (QED) is 0.112. The first-order valence-electron chi connectivity index (χ1n) is 24.4. The molecule has 0 bridgehead atoms. The van der Waals surface area contributed by atoms with Crippen LogP contribution in [-0.4, -0.2) is 203 Å². The van der Waals surface area contributed by atoms with Crippen LogP contribution in [0.15, 0.2) is 0 Å². The second-order valence-electron chi connectivity index (χ2n) is 23.9. The Bertz CT molecular complexity index is 1760. The Labute approximate surface area is 386 Å². The molecule has 12 N–H and O–H groups in total. The van der Waals surface area contributed by atoms with Gasteiger partial charge < -0.3 is 94.4 Å². The van der Waals surface area contributed by atoms with Gasteiger partial charge >= 0.3 is 0 Å². The maximum Gasteiger partial charge on any atom is 0.187 e. The third-order valence-electron chi connectivity index (χ3n) is 19.7. The minimum Gasteiger partial charge on any atom is -0.394 e. The van der Waals surface area contributed by atoms with Gasteiger partial charge in [0, 0.05) is 5.92 Å². The van der Waals surface area contributed by atoms with Crippen molar-refractivity contribution in [3.05, 3.63) is 0 Å². The molecule has 5 saturated carbocycles. The van der Waals surface area contributed by atoms with Gasteiger partial charge in [-0.15, -0.1) is 0 Å². The summed E-state index contributed by atoms with van der Waals surface area (Å²) in [5.74, 6) is -0.484. The molecular weight excluding hydrogens is 868 g/mol. The molecule has 66 heavy (non-hydrogen) atoms. The fourth-order valence-corrected chi connectivity index (χ4v) is 16.3. The van der Waals surface area contributed by atoms with Gasteiger partial charge in [-0.1, -0.05) is 27.7 Å². The maximum atomic E-state index is 12.3. The maximum absolute atomic E-state index is 12.3. The van der Waals surface area contributed by atoms with Gasteiger partial charge in [-0.25, -0.2) is 0 Å². The van der Waals surface area contributed by atoms with Gasteiger partial charge in [-0.3, -0.25) is 0 Å². The molecule has 0 radical (unpaired) electrons. The largest absolute Gasteiger partial charge is 0.394 e. The predicted molar refractivity (Wildman–Crippen MR) is 226 cm³/mol. The number of aliphatic hydroxyl groups is 12. The fourth-order valence-electron chi connectivity index (χ4n) is 16.3. The van der Waals surface area contributed by atoms with Gasteiger partial charge in [0.25, 0.3) is 0 Å². The summed E-state index contributed by atoms with van der Waals surface area (Å²) in [5, 5.41) is 130. The van der Waals surface area contributed by atoms with E-state index >= 15 is 0 Å². The van der Waals surface area contributed by atoms with Gasteiger partial charge in [0.05, 0.1) is 55.4 Å². The molecule has 0 amide bonds. The lowest BCUT2D eigenvalue weighted by atomic mass is 9.41. The van der Waals surface area contributed by atoms with Crippen molar-refractivity contribution in [1.82, 2.24) is 0 Å². The van der Waals surface area contributed by atoms with Crippen molar-refractivity contribution >= 4 is 0 Å². The molecule has 2 spiro atoms. The first-order valence-corrected chi connectivity index (χ1v) is 24.4. The molecule has 19 nitrogen and oxygen atoms in total. The van der Waals surface area contributed by atoms with Crippen molar-refractivity contribution in [3.8, 4) is 0 Å². The Morgan fingerprint density at radius 2 is 1.21 bits per heavy atom. The number of hydrogen-bond acceptors (Lipinski definition) is 19. The van der Waals surface area contributed by atoms with Gasteiger partial charge in [0.15, 0.2) is 18.9 Å². The first kappa shape index (κ1) is 50.2. The summed E-state index contributed by atoms with van der Waals surface area (Å²) in [6.45, 7) is 12.7. The van der Waals surface area contributed by atoms with Crippen LogP contribution in [0.5, 0.6) is 0 Å². The minimum atomic E-state index is -1.80. The van der Waals surface area contributed by atoms with Gasteiger partial charge in [-0.05, 0) is 117 Å². The van der Waals surface area contributed by atoms with E-state index in [-0.39, 0.29) is 46.7 Å². The normalized spacial score (nSPS) is 58.0. The topological polar surface area (TPSA) is 307 Å². The minimum absolute atomic E-state index is 0.0208. The SMILES string of the molecule is CC(C)(O)C1CCC(C)(C2C(O)CC3(C)C4CC(OC5OC(CO)C(O)C(O)C5O)C5C(C)(C)C(OC6OCC(O)C(O)C6OC6OC(CO)C(O)C(O)C6O)CCC56CC46CCC23C)O1.